The van der Waals surface area contributed by atoms with Crippen LogP contribution in [0.4, 0.5) is 0 Å². The summed E-state index contributed by atoms with van der Waals surface area (Å²) in [4.78, 5) is 10.7. The third kappa shape index (κ3) is 3.51. The molecule has 0 amide bonds. The third-order valence-corrected chi connectivity index (χ3v) is 1.21. The minimum Gasteiger partial charge on any atom is -0.462 e. The molecule has 0 saturated heterocycles. The number of carbonyl (C=O) groups excluding carboxylic acids is 1. The van der Waals surface area contributed by atoms with Gasteiger partial charge in [-0.2, -0.15) is 0 Å². The highest BCUT2D eigenvalue weighted by molar-refractivity contribution is 6.22. The molecule has 2 nitrogen and oxygen atoms in total. The average Bonchev–Trinajstić information content (AvgIpc) is 1.98. The molecule has 0 fully saturated rings. The van der Waals surface area contributed by atoms with Gasteiger partial charge in [0.2, 0.25) is 0 Å². The van der Waals surface area contributed by atoms with Crippen molar-refractivity contribution in [1.29, 1.82) is 0 Å². The maximum atomic E-state index is 10.7. The molecule has 0 atom stereocenters. The topological polar surface area (TPSA) is 26.3 Å². The zero-order valence-corrected chi connectivity index (χ0v) is 6.78. The van der Waals surface area contributed by atoms with Crippen LogP contribution in [0.1, 0.15) is 13.3 Å². The molecule has 0 radical (unpaired) electrons. The van der Waals surface area contributed by atoms with Gasteiger partial charge in [-0.3, -0.25) is 0 Å². The third-order valence-electron chi connectivity index (χ3n) is 0.887. The van der Waals surface area contributed by atoms with Crippen molar-refractivity contribution < 1.29 is 9.53 Å². The number of carbonyl (C=O) groups is 1. The number of rotatable bonds is 4. The molecule has 0 rings (SSSR count). The molecular formula is C7H11ClO2. The van der Waals surface area contributed by atoms with Gasteiger partial charge in [0.1, 0.15) is 0 Å². The van der Waals surface area contributed by atoms with Gasteiger partial charge >= 0.3 is 5.97 Å². The zero-order valence-electron chi connectivity index (χ0n) is 6.02. The number of esters is 1. The van der Waals surface area contributed by atoms with Gasteiger partial charge in [-0.1, -0.05) is 13.5 Å². The molecule has 10 heavy (non-hydrogen) atoms. The van der Waals surface area contributed by atoms with E-state index in [2.05, 4.69) is 6.58 Å². The van der Waals surface area contributed by atoms with Crippen LogP contribution in [0.2, 0.25) is 0 Å². The van der Waals surface area contributed by atoms with Crippen LogP contribution in [0.3, 0.4) is 0 Å². The van der Waals surface area contributed by atoms with Gasteiger partial charge in [-0.05, 0) is 6.42 Å². The predicted octanol–water partition coefficient (Wildman–Crippen LogP) is 1.73. The summed E-state index contributed by atoms with van der Waals surface area (Å²) in [6, 6.07) is 0. The fourth-order valence-corrected chi connectivity index (χ4v) is 0.460. The fourth-order valence-electron chi connectivity index (χ4n) is 0.351. The molecule has 0 saturated carbocycles. The van der Waals surface area contributed by atoms with E-state index < -0.39 is 5.97 Å². The van der Waals surface area contributed by atoms with Gasteiger partial charge in [-0.15, -0.1) is 11.6 Å². The number of halogens is 1. The zero-order chi connectivity index (χ0) is 7.98. The summed E-state index contributed by atoms with van der Waals surface area (Å²) in [5.74, 6) is -0.250. The number of alkyl halides is 1. The van der Waals surface area contributed by atoms with Crippen LogP contribution in [-0.4, -0.2) is 18.5 Å². The summed E-state index contributed by atoms with van der Waals surface area (Å²) >= 11 is 5.33. The summed E-state index contributed by atoms with van der Waals surface area (Å²) in [5, 5.41) is 0. The molecule has 0 aliphatic carbocycles. The van der Waals surface area contributed by atoms with E-state index in [4.69, 9.17) is 16.3 Å². The standard InChI is InChI=1S/C7H11ClO2/c1-3-4-10-7(9)6(2)5-8/h2-5H2,1H3. The number of hydrogen-bond donors (Lipinski definition) is 0. The molecule has 0 unspecified atom stereocenters. The fraction of sp³-hybridized carbons (Fsp3) is 0.571. The second-order valence-electron chi connectivity index (χ2n) is 1.87. The highest BCUT2D eigenvalue weighted by Crippen LogP contribution is 1.97. The Morgan fingerprint density at radius 1 is 1.70 bits per heavy atom. The molecule has 0 aliphatic heterocycles. The molecule has 0 bridgehead atoms. The molecule has 0 aromatic carbocycles. The molecule has 0 spiro atoms. The Bertz CT molecular complexity index is 132. The lowest BCUT2D eigenvalue weighted by atomic mass is 10.3. The largest absolute Gasteiger partial charge is 0.462 e. The number of ether oxygens (including phenoxy) is 1. The Hall–Kier alpha value is -0.500. The first-order valence-electron chi connectivity index (χ1n) is 3.13. The molecule has 58 valence electrons. The molecule has 3 heteroatoms. The van der Waals surface area contributed by atoms with E-state index in [1.165, 1.54) is 0 Å². The van der Waals surface area contributed by atoms with Gasteiger partial charge in [0.25, 0.3) is 0 Å². The van der Waals surface area contributed by atoms with Crippen molar-refractivity contribution >= 4 is 17.6 Å². The SMILES string of the molecule is C=C(CCl)C(=O)OCCC. The Kier molecular flexibility index (Phi) is 5.03. The van der Waals surface area contributed by atoms with Gasteiger partial charge in [-0.25, -0.2) is 4.79 Å². The predicted molar refractivity (Wildman–Crippen MR) is 41.1 cm³/mol. The van der Waals surface area contributed by atoms with Gasteiger partial charge < -0.3 is 4.74 Å². The smallest absolute Gasteiger partial charge is 0.334 e. The van der Waals surface area contributed by atoms with Crippen molar-refractivity contribution in [3.8, 4) is 0 Å². The molecule has 0 aromatic rings. The maximum Gasteiger partial charge on any atom is 0.334 e. The van der Waals surface area contributed by atoms with Crippen LogP contribution in [0.5, 0.6) is 0 Å². The van der Waals surface area contributed by atoms with Gasteiger partial charge in [0.05, 0.1) is 12.5 Å². The molecular weight excluding hydrogens is 152 g/mol. The first-order valence-corrected chi connectivity index (χ1v) is 3.66. The van der Waals surface area contributed by atoms with Crippen molar-refractivity contribution in [2.45, 2.75) is 13.3 Å². The summed E-state index contributed by atoms with van der Waals surface area (Å²) in [7, 11) is 0. The highest BCUT2D eigenvalue weighted by atomic mass is 35.5. The number of hydrogen-bond acceptors (Lipinski definition) is 2. The Labute approximate surface area is 65.8 Å². The van der Waals surface area contributed by atoms with E-state index in [1.54, 1.807) is 0 Å². The van der Waals surface area contributed by atoms with Crippen molar-refractivity contribution in [2.75, 3.05) is 12.5 Å². The van der Waals surface area contributed by atoms with Crippen LogP contribution in [0.25, 0.3) is 0 Å². The van der Waals surface area contributed by atoms with Crippen LogP contribution in [-0.2, 0) is 9.53 Å². The minimum absolute atomic E-state index is 0.141. The lowest BCUT2D eigenvalue weighted by Gasteiger charge is -2.01. The molecule has 0 heterocycles. The second-order valence-corrected chi connectivity index (χ2v) is 2.14. The summed E-state index contributed by atoms with van der Waals surface area (Å²) in [6.07, 6.45) is 0.821. The lowest BCUT2D eigenvalue weighted by molar-refractivity contribution is -0.138. The van der Waals surface area contributed by atoms with E-state index in [-0.39, 0.29) is 5.88 Å². The monoisotopic (exact) mass is 162 g/mol. The average molecular weight is 163 g/mol. The molecule has 0 aliphatic rings. The second kappa shape index (κ2) is 5.30. The maximum absolute atomic E-state index is 10.7. The molecule has 0 aromatic heterocycles. The highest BCUT2D eigenvalue weighted by Gasteiger charge is 2.04. The van der Waals surface area contributed by atoms with Crippen LogP contribution in [0, 0.1) is 0 Å². The lowest BCUT2D eigenvalue weighted by Crippen LogP contribution is -2.08. The van der Waals surface area contributed by atoms with E-state index in [1.807, 2.05) is 6.92 Å². The summed E-state index contributed by atoms with van der Waals surface area (Å²) in [5.41, 5.74) is 0.315. The van der Waals surface area contributed by atoms with Gasteiger partial charge in [0, 0.05) is 5.57 Å². The van der Waals surface area contributed by atoms with E-state index >= 15 is 0 Å². The van der Waals surface area contributed by atoms with Crippen LogP contribution >= 0.6 is 11.6 Å². The van der Waals surface area contributed by atoms with Crippen molar-refractivity contribution in [3.05, 3.63) is 12.2 Å². The van der Waals surface area contributed by atoms with Crippen LogP contribution in [0.15, 0.2) is 12.2 Å². The van der Waals surface area contributed by atoms with E-state index in [0.29, 0.717) is 12.2 Å². The summed E-state index contributed by atoms with van der Waals surface area (Å²) in [6.45, 7) is 5.79. The minimum atomic E-state index is -0.392. The molecule has 0 N–H and O–H groups in total. The Balaban J connectivity index is 3.52. The van der Waals surface area contributed by atoms with Gasteiger partial charge in [0.15, 0.2) is 0 Å². The Morgan fingerprint density at radius 3 is 2.70 bits per heavy atom. The first kappa shape index (κ1) is 9.50. The first-order chi connectivity index (χ1) is 4.72. The van der Waals surface area contributed by atoms with E-state index in [9.17, 15) is 4.79 Å². The summed E-state index contributed by atoms with van der Waals surface area (Å²) < 4.78 is 4.72. The van der Waals surface area contributed by atoms with Crippen molar-refractivity contribution in [3.63, 3.8) is 0 Å². The Morgan fingerprint density at radius 2 is 2.30 bits per heavy atom. The van der Waals surface area contributed by atoms with Crippen molar-refractivity contribution in [1.82, 2.24) is 0 Å². The normalized spacial score (nSPS) is 9.00. The van der Waals surface area contributed by atoms with Crippen molar-refractivity contribution in [2.24, 2.45) is 0 Å². The van der Waals surface area contributed by atoms with Crippen LogP contribution < -0.4 is 0 Å². The quantitative estimate of drug-likeness (QED) is 0.358. The van der Waals surface area contributed by atoms with E-state index in [0.717, 1.165) is 6.42 Å².